The van der Waals surface area contributed by atoms with E-state index >= 15 is 0 Å². The van der Waals surface area contributed by atoms with Gasteiger partial charge in [0.25, 0.3) is 23.0 Å². The summed E-state index contributed by atoms with van der Waals surface area (Å²) in [6.45, 7) is 7.63. The molecule has 408 valence electrons. The van der Waals surface area contributed by atoms with E-state index in [1.54, 1.807) is 126 Å². The van der Waals surface area contributed by atoms with Gasteiger partial charge in [-0.05, 0) is 98.2 Å². The smallest absolute Gasteiger partial charge is 0.327 e. The number of hydrogen-bond acceptors (Lipinski definition) is 23. The number of nitrogens with one attached hydrogen (secondary N) is 1. The number of aromatic nitrogens is 10. The lowest BCUT2D eigenvalue weighted by atomic mass is 10.2. The number of carbonyl (C=O) groups excluding carboxylic acids is 4. The van der Waals surface area contributed by atoms with Crippen molar-refractivity contribution in [3.05, 3.63) is 132 Å². The third-order valence-electron chi connectivity index (χ3n) is 11.4. The number of hydrogen-bond donors (Lipinski definition) is 2. The van der Waals surface area contributed by atoms with Gasteiger partial charge in [-0.3, -0.25) is 34.5 Å². The van der Waals surface area contributed by atoms with Crippen LogP contribution in [-0.2, 0) is 9.47 Å². The molecule has 0 unspecified atom stereocenters. The number of morpholine rings is 2. The maximum Gasteiger partial charge on any atom is 0.327 e. The van der Waals surface area contributed by atoms with Crippen LogP contribution in [0, 0.1) is 0 Å². The van der Waals surface area contributed by atoms with Gasteiger partial charge in [0.05, 0.1) is 71.8 Å². The van der Waals surface area contributed by atoms with Gasteiger partial charge in [-0.1, -0.05) is 22.7 Å². The van der Waals surface area contributed by atoms with Crippen LogP contribution in [0.15, 0.2) is 110 Å². The van der Waals surface area contributed by atoms with Crippen LogP contribution in [0.25, 0.3) is 21.4 Å². The zero-order chi connectivity index (χ0) is 56.0. The van der Waals surface area contributed by atoms with Crippen molar-refractivity contribution in [2.45, 2.75) is 25.9 Å². The molecule has 2 fully saturated rings. The van der Waals surface area contributed by atoms with Gasteiger partial charge in [0.15, 0.2) is 21.9 Å². The highest BCUT2D eigenvalue weighted by molar-refractivity contribution is 7.19. The Morgan fingerprint density at radius 1 is 0.620 bits per heavy atom. The molecule has 2 saturated heterocycles. The number of nitrogens with zero attached hydrogens (tertiary/aromatic N) is 14. The molecule has 0 saturated carbocycles. The Hall–Kier alpha value is -8.69. The highest BCUT2D eigenvalue weighted by Crippen LogP contribution is 2.32. The third kappa shape index (κ3) is 15.3. The molecule has 2 atom stereocenters. The average molecular weight is 1130 g/mol. The number of nitrogen functional groups attached to an aromatic ring is 1. The number of anilines is 4. The van der Waals surface area contributed by atoms with Crippen LogP contribution in [0.1, 0.15) is 55.3 Å². The number of thiazole rings is 2. The first-order valence-corrected chi connectivity index (χ1v) is 26.3. The normalized spacial score (nSPS) is 14.8. The second-order valence-corrected chi connectivity index (χ2v) is 20.1. The topological polar surface area (TPSA) is 285 Å². The van der Waals surface area contributed by atoms with Crippen LogP contribution in [-0.4, -0.2) is 162 Å². The lowest BCUT2D eigenvalue weighted by Crippen LogP contribution is -2.44. The minimum absolute atomic E-state index is 0.0500. The number of pyridine rings is 2. The van der Waals surface area contributed by atoms with Crippen molar-refractivity contribution in [2.24, 2.45) is 0 Å². The van der Waals surface area contributed by atoms with E-state index in [0.29, 0.717) is 112 Å². The summed E-state index contributed by atoms with van der Waals surface area (Å²) in [5.41, 5.74) is 7.75. The fraction of sp³-hybridized carbons (Fsp3) is 0.269. The summed E-state index contributed by atoms with van der Waals surface area (Å²) in [6, 6.07) is 20.6. The van der Waals surface area contributed by atoms with E-state index in [1.165, 1.54) is 44.9 Å². The minimum Gasteiger partial charge on any atom is -0.424 e. The largest absolute Gasteiger partial charge is 0.424 e. The fourth-order valence-corrected chi connectivity index (χ4v) is 8.81. The maximum atomic E-state index is 12.5. The van der Waals surface area contributed by atoms with Gasteiger partial charge in [0.1, 0.15) is 11.5 Å². The van der Waals surface area contributed by atoms with E-state index < -0.39 is 5.24 Å². The molecule has 0 spiro atoms. The molecule has 8 heterocycles. The van der Waals surface area contributed by atoms with Crippen LogP contribution in [0.5, 0.6) is 23.5 Å². The molecular weight excluding hydrogens is 1080 g/mol. The molecule has 8 aromatic rings. The zero-order valence-corrected chi connectivity index (χ0v) is 46.0. The number of amides is 3. The van der Waals surface area contributed by atoms with E-state index in [-0.39, 0.29) is 41.8 Å². The quantitative estimate of drug-likeness (QED) is 0.109. The highest BCUT2D eigenvalue weighted by Gasteiger charge is 2.26. The average Bonchev–Trinajstić information content (AvgIpc) is 4.17. The highest BCUT2D eigenvalue weighted by atomic mass is 35.5. The Bertz CT molecular complexity index is 3360. The standard InChI is InChI=1S/C26H26N8O4S.C20H23N7O3S.C6H4ClNO/c1-16-15-37-12-11-34(16)24-29-21(20-14-28-26(39-20)31-22(35)18-5-4-10-27-13-18)30-25(32-24)38-19-8-6-17(7-9-19)23(36)33(2)3;1-12-11-29-9-8-27(12)19-23-16(15-10-22-18(21)31-15)24-20(25-19)30-14-6-4-13(5-7-14)17(28)26(2)3;7-6(9)5-2-1-3-8-4-5/h4-10,13-14,16H,11-12,15H2,1-3H3,(H,28,31,35);4-7,10,12H,8-9,11H2,1-3H3,(H2,21,22);1-4H/t16-;12-;/m00./s1. The molecule has 2 aromatic carbocycles. The van der Waals surface area contributed by atoms with Crippen LogP contribution < -0.4 is 30.3 Å². The van der Waals surface area contributed by atoms with E-state index in [2.05, 4.69) is 55.1 Å². The lowest BCUT2D eigenvalue weighted by molar-refractivity contribution is 0.0820. The summed E-state index contributed by atoms with van der Waals surface area (Å²) in [4.78, 5) is 99.1. The summed E-state index contributed by atoms with van der Waals surface area (Å²) in [7, 11) is 6.81. The van der Waals surface area contributed by atoms with Crippen molar-refractivity contribution in [1.29, 1.82) is 0 Å². The van der Waals surface area contributed by atoms with E-state index in [9.17, 15) is 19.2 Å². The van der Waals surface area contributed by atoms with Crippen LogP contribution in [0.3, 0.4) is 0 Å². The van der Waals surface area contributed by atoms with Crippen LogP contribution >= 0.6 is 34.3 Å². The molecular formula is C52H53ClN16O8S2. The first-order valence-electron chi connectivity index (χ1n) is 24.3. The van der Waals surface area contributed by atoms with Gasteiger partial charge in [0.2, 0.25) is 11.9 Å². The van der Waals surface area contributed by atoms with E-state index in [4.69, 9.17) is 41.3 Å². The molecule has 27 heteroatoms. The van der Waals surface area contributed by atoms with Gasteiger partial charge in [-0.15, -0.1) is 0 Å². The number of carbonyl (C=O) groups is 4. The van der Waals surface area contributed by atoms with E-state index in [1.807, 2.05) is 18.7 Å². The molecule has 0 bridgehead atoms. The predicted molar refractivity (Wildman–Crippen MR) is 297 cm³/mol. The number of halogens is 1. The van der Waals surface area contributed by atoms with Crippen molar-refractivity contribution < 1.29 is 38.1 Å². The molecule has 2 aliphatic heterocycles. The molecule has 3 N–H and O–H groups in total. The molecule has 79 heavy (non-hydrogen) atoms. The maximum absolute atomic E-state index is 12.5. The van der Waals surface area contributed by atoms with Crippen molar-refractivity contribution in [2.75, 3.05) is 88.6 Å². The number of nitrogens with two attached hydrogens (primary N) is 1. The Balaban J connectivity index is 0.000000183. The third-order valence-corrected chi connectivity index (χ3v) is 13.3. The van der Waals surface area contributed by atoms with Crippen molar-refractivity contribution >= 4 is 79.4 Å². The molecule has 2 aliphatic rings. The molecule has 3 amide bonds. The van der Waals surface area contributed by atoms with Crippen molar-refractivity contribution in [3.63, 3.8) is 0 Å². The van der Waals surface area contributed by atoms with Gasteiger partial charge in [-0.2, -0.15) is 29.9 Å². The summed E-state index contributed by atoms with van der Waals surface area (Å²) in [5.74, 6) is 2.21. The molecule has 24 nitrogen and oxygen atoms in total. The van der Waals surface area contributed by atoms with Crippen molar-refractivity contribution in [3.8, 4) is 44.9 Å². The Kier molecular flexibility index (Phi) is 19.0. The molecule has 0 radical (unpaired) electrons. The Morgan fingerprint density at radius 3 is 1.49 bits per heavy atom. The lowest BCUT2D eigenvalue weighted by Gasteiger charge is -2.33. The molecule has 0 aliphatic carbocycles. The van der Waals surface area contributed by atoms with Crippen molar-refractivity contribution in [1.82, 2.24) is 59.6 Å². The monoisotopic (exact) mass is 1130 g/mol. The van der Waals surface area contributed by atoms with Gasteiger partial charge < -0.3 is 44.3 Å². The van der Waals surface area contributed by atoms with Crippen LogP contribution in [0.4, 0.5) is 22.2 Å². The fourth-order valence-electron chi connectivity index (χ4n) is 7.34. The first kappa shape index (κ1) is 56.5. The number of rotatable bonds is 13. The first-order chi connectivity index (χ1) is 38.1. The second-order valence-electron chi connectivity index (χ2n) is 17.7. The number of ether oxygens (including phenoxy) is 4. The number of benzene rings is 2. The van der Waals surface area contributed by atoms with Crippen LogP contribution in [0.2, 0.25) is 0 Å². The Labute approximate surface area is 466 Å². The predicted octanol–water partition coefficient (Wildman–Crippen LogP) is 7.12. The summed E-state index contributed by atoms with van der Waals surface area (Å²) < 4.78 is 23.0. The SMILES string of the molecule is C[C@H]1COCCN1c1nc(Oc2ccc(C(=O)N(C)C)cc2)nc(-c2cnc(N)s2)n1.C[C@H]1COCCN1c1nc(Oc2ccc(C(=O)N(C)C)cc2)nc(-c2cnc(NC(=O)c3cccnc3)s2)n1.O=C(Cl)c1cccnc1. The Morgan fingerprint density at radius 2 is 1.09 bits per heavy atom. The van der Waals surface area contributed by atoms with Gasteiger partial charge in [0, 0.05) is 77.2 Å². The second kappa shape index (κ2) is 26.6. The van der Waals surface area contributed by atoms with E-state index in [0.717, 1.165) is 4.88 Å². The summed E-state index contributed by atoms with van der Waals surface area (Å²) in [5, 5.41) is 3.13. The molecule has 10 rings (SSSR count). The minimum atomic E-state index is -0.469. The zero-order valence-electron chi connectivity index (χ0n) is 43.6. The van der Waals surface area contributed by atoms with Gasteiger partial charge in [-0.25, -0.2) is 9.97 Å². The molecule has 6 aromatic heterocycles. The summed E-state index contributed by atoms with van der Waals surface area (Å²) >= 11 is 7.65. The van der Waals surface area contributed by atoms with Gasteiger partial charge >= 0.3 is 12.0 Å². The summed E-state index contributed by atoms with van der Waals surface area (Å²) in [6.07, 6.45) is 9.32.